The maximum Gasteiger partial charge on any atom is 0.176 e. The van der Waals surface area contributed by atoms with Gasteiger partial charge in [-0.1, -0.05) is 23.7 Å². The third kappa shape index (κ3) is 1.37. The molecular formula is C12H12ClNO. The second-order valence-corrected chi connectivity index (χ2v) is 4.13. The minimum atomic E-state index is 0.0715. The fourth-order valence-corrected chi connectivity index (χ4v) is 2.45. The van der Waals surface area contributed by atoms with Crippen molar-refractivity contribution in [2.45, 2.75) is 13.8 Å². The number of hydrogen-bond donors (Lipinski definition) is 0. The SMILES string of the molecule is CC(=O)c1c(C)c2cccc(Cl)c2n1C. The molecule has 2 aromatic rings. The number of fused-ring (bicyclic) bond motifs is 1. The van der Waals surface area contributed by atoms with Crippen molar-refractivity contribution in [3.63, 3.8) is 0 Å². The quantitative estimate of drug-likeness (QED) is 0.677. The zero-order valence-corrected chi connectivity index (χ0v) is 9.72. The molecule has 3 heteroatoms. The van der Waals surface area contributed by atoms with Crippen LogP contribution in [-0.2, 0) is 7.05 Å². The van der Waals surface area contributed by atoms with Gasteiger partial charge in [-0.2, -0.15) is 0 Å². The summed E-state index contributed by atoms with van der Waals surface area (Å²) >= 11 is 6.12. The number of Topliss-reactive ketones (excluding diaryl/α,β-unsaturated/α-hetero) is 1. The van der Waals surface area contributed by atoms with Crippen molar-refractivity contribution in [3.05, 3.63) is 34.5 Å². The Morgan fingerprint density at radius 3 is 2.60 bits per heavy atom. The van der Waals surface area contributed by atoms with Gasteiger partial charge in [0.2, 0.25) is 0 Å². The number of ketones is 1. The van der Waals surface area contributed by atoms with E-state index < -0.39 is 0 Å². The van der Waals surface area contributed by atoms with Crippen molar-refractivity contribution in [2.24, 2.45) is 7.05 Å². The maximum absolute atomic E-state index is 11.5. The molecule has 0 saturated heterocycles. The third-order valence-corrected chi connectivity index (χ3v) is 3.06. The van der Waals surface area contributed by atoms with Crippen LogP contribution in [0.3, 0.4) is 0 Å². The molecule has 0 aliphatic heterocycles. The Bertz CT molecular complexity index is 554. The van der Waals surface area contributed by atoms with E-state index in [0.717, 1.165) is 22.2 Å². The van der Waals surface area contributed by atoms with Crippen LogP contribution in [0.4, 0.5) is 0 Å². The molecule has 0 bridgehead atoms. The van der Waals surface area contributed by atoms with Crippen molar-refractivity contribution in [2.75, 3.05) is 0 Å². The van der Waals surface area contributed by atoms with Gasteiger partial charge in [-0.25, -0.2) is 0 Å². The lowest BCUT2D eigenvalue weighted by Gasteiger charge is -2.01. The number of aryl methyl sites for hydroxylation is 2. The van der Waals surface area contributed by atoms with Gasteiger partial charge in [-0.3, -0.25) is 4.79 Å². The lowest BCUT2D eigenvalue weighted by Crippen LogP contribution is -2.02. The first-order chi connectivity index (χ1) is 7.04. The highest BCUT2D eigenvalue weighted by Gasteiger charge is 2.16. The predicted octanol–water partition coefficient (Wildman–Crippen LogP) is 3.34. The monoisotopic (exact) mass is 221 g/mol. The summed E-state index contributed by atoms with van der Waals surface area (Å²) in [5.74, 6) is 0.0715. The van der Waals surface area contributed by atoms with Crippen molar-refractivity contribution >= 4 is 28.3 Å². The first kappa shape index (κ1) is 10.2. The number of nitrogens with zero attached hydrogens (tertiary/aromatic N) is 1. The number of para-hydroxylation sites is 1. The molecule has 15 heavy (non-hydrogen) atoms. The van der Waals surface area contributed by atoms with E-state index >= 15 is 0 Å². The average molecular weight is 222 g/mol. The molecule has 0 radical (unpaired) electrons. The summed E-state index contributed by atoms with van der Waals surface area (Å²) in [4.78, 5) is 11.5. The van der Waals surface area contributed by atoms with E-state index in [1.165, 1.54) is 0 Å². The van der Waals surface area contributed by atoms with Crippen molar-refractivity contribution in [1.29, 1.82) is 0 Å². The van der Waals surface area contributed by atoms with Gasteiger partial charge >= 0.3 is 0 Å². The third-order valence-electron chi connectivity index (χ3n) is 2.75. The van der Waals surface area contributed by atoms with Gasteiger partial charge in [-0.05, 0) is 18.6 Å². The number of aromatic nitrogens is 1. The van der Waals surface area contributed by atoms with E-state index in [1.807, 2.05) is 36.7 Å². The van der Waals surface area contributed by atoms with E-state index in [4.69, 9.17) is 11.6 Å². The highest BCUT2D eigenvalue weighted by molar-refractivity contribution is 6.35. The van der Waals surface area contributed by atoms with Crippen LogP contribution in [0.1, 0.15) is 23.0 Å². The molecule has 78 valence electrons. The zero-order chi connectivity index (χ0) is 11.2. The summed E-state index contributed by atoms with van der Waals surface area (Å²) in [6.07, 6.45) is 0. The molecule has 0 unspecified atom stereocenters. The Kier molecular flexibility index (Phi) is 2.31. The first-order valence-corrected chi connectivity index (χ1v) is 5.16. The molecule has 1 aromatic heterocycles. The molecule has 0 N–H and O–H groups in total. The van der Waals surface area contributed by atoms with Gasteiger partial charge in [-0.15, -0.1) is 0 Å². The van der Waals surface area contributed by atoms with Gasteiger partial charge in [0.1, 0.15) is 0 Å². The van der Waals surface area contributed by atoms with Gasteiger partial charge in [0.15, 0.2) is 5.78 Å². The number of carbonyl (C=O) groups is 1. The summed E-state index contributed by atoms with van der Waals surface area (Å²) < 4.78 is 1.87. The summed E-state index contributed by atoms with van der Waals surface area (Å²) in [6.45, 7) is 3.53. The van der Waals surface area contributed by atoms with Gasteiger partial charge in [0, 0.05) is 19.4 Å². The standard InChI is InChI=1S/C12H12ClNO/c1-7-9-5-4-6-10(13)12(9)14(3)11(7)8(2)15/h4-6H,1-3H3. The molecule has 0 aliphatic carbocycles. The van der Waals surface area contributed by atoms with Crippen LogP contribution in [0.15, 0.2) is 18.2 Å². The van der Waals surface area contributed by atoms with Crippen LogP contribution < -0.4 is 0 Å². The molecule has 1 aromatic carbocycles. The molecule has 2 nitrogen and oxygen atoms in total. The Morgan fingerprint density at radius 1 is 1.40 bits per heavy atom. The zero-order valence-electron chi connectivity index (χ0n) is 8.97. The molecule has 1 heterocycles. The van der Waals surface area contributed by atoms with Crippen molar-refractivity contribution in [1.82, 2.24) is 4.57 Å². The first-order valence-electron chi connectivity index (χ1n) is 4.78. The number of benzene rings is 1. The summed E-state index contributed by atoms with van der Waals surface area (Å²) in [7, 11) is 1.87. The van der Waals surface area contributed by atoms with Gasteiger partial charge < -0.3 is 4.57 Å². The minimum absolute atomic E-state index is 0.0715. The van der Waals surface area contributed by atoms with E-state index in [2.05, 4.69) is 0 Å². The topological polar surface area (TPSA) is 22.0 Å². The smallest absolute Gasteiger partial charge is 0.176 e. The Hall–Kier alpha value is -1.28. The van der Waals surface area contributed by atoms with Gasteiger partial charge in [0.05, 0.1) is 16.2 Å². The number of halogens is 1. The van der Waals surface area contributed by atoms with E-state index in [9.17, 15) is 4.79 Å². The highest BCUT2D eigenvalue weighted by Crippen LogP contribution is 2.30. The number of hydrogen-bond acceptors (Lipinski definition) is 1. The second kappa shape index (κ2) is 3.38. The fourth-order valence-electron chi connectivity index (χ4n) is 2.15. The second-order valence-electron chi connectivity index (χ2n) is 3.72. The number of carbonyl (C=O) groups excluding carboxylic acids is 1. The van der Waals surface area contributed by atoms with Crippen LogP contribution in [0.2, 0.25) is 5.02 Å². The summed E-state index contributed by atoms with van der Waals surface area (Å²) in [5.41, 5.74) is 2.67. The van der Waals surface area contributed by atoms with Gasteiger partial charge in [0.25, 0.3) is 0 Å². The van der Waals surface area contributed by atoms with Crippen LogP contribution in [0.5, 0.6) is 0 Å². The van der Waals surface area contributed by atoms with Crippen LogP contribution >= 0.6 is 11.6 Å². The molecule has 0 aliphatic rings. The Labute approximate surface area is 93.5 Å². The van der Waals surface area contributed by atoms with Crippen LogP contribution in [-0.4, -0.2) is 10.4 Å². The molecule has 0 atom stereocenters. The molecule has 2 rings (SSSR count). The molecule has 0 amide bonds. The van der Waals surface area contributed by atoms with Crippen molar-refractivity contribution < 1.29 is 4.79 Å². The predicted molar refractivity (Wildman–Crippen MR) is 62.7 cm³/mol. The van der Waals surface area contributed by atoms with Crippen LogP contribution in [0.25, 0.3) is 10.9 Å². The average Bonchev–Trinajstić information content (AvgIpc) is 2.40. The lowest BCUT2D eigenvalue weighted by molar-refractivity contribution is 0.101. The number of rotatable bonds is 1. The minimum Gasteiger partial charge on any atom is -0.340 e. The van der Waals surface area contributed by atoms with E-state index in [1.54, 1.807) is 6.92 Å². The Morgan fingerprint density at radius 2 is 2.07 bits per heavy atom. The normalized spacial score (nSPS) is 10.9. The van der Waals surface area contributed by atoms with E-state index in [0.29, 0.717) is 5.02 Å². The molecule has 0 saturated carbocycles. The fraction of sp³-hybridized carbons (Fsp3) is 0.250. The lowest BCUT2D eigenvalue weighted by atomic mass is 10.1. The maximum atomic E-state index is 11.5. The van der Waals surface area contributed by atoms with Crippen LogP contribution in [0, 0.1) is 6.92 Å². The van der Waals surface area contributed by atoms with Crippen molar-refractivity contribution in [3.8, 4) is 0 Å². The molecule has 0 fully saturated rings. The molecule has 0 spiro atoms. The highest BCUT2D eigenvalue weighted by atomic mass is 35.5. The Balaban J connectivity index is 2.98. The largest absolute Gasteiger partial charge is 0.340 e. The molecular weight excluding hydrogens is 210 g/mol. The van der Waals surface area contributed by atoms with E-state index in [-0.39, 0.29) is 5.78 Å². The summed E-state index contributed by atoms with van der Waals surface area (Å²) in [6, 6.07) is 5.73. The summed E-state index contributed by atoms with van der Waals surface area (Å²) in [5, 5.41) is 1.74.